The summed E-state index contributed by atoms with van der Waals surface area (Å²) in [6.45, 7) is 3.88. The van der Waals surface area contributed by atoms with Crippen molar-refractivity contribution in [3.05, 3.63) is 68.2 Å². The van der Waals surface area contributed by atoms with Crippen LogP contribution in [0.2, 0.25) is 10.0 Å². The minimum Gasteiger partial charge on any atom is -0.302 e. The number of benzene rings is 1. The maximum atomic E-state index is 12.5. The molecule has 3 heterocycles. The topological polar surface area (TPSA) is 85.1 Å². The molecule has 0 saturated heterocycles. The summed E-state index contributed by atoms with van der Waals surface area (Å²) in [5.41, 5.74) is 3.72. The zero-order valence-corrected chi connectivity index (χ0v) is 18.6. The third-order valence-electron chi connectivity index (χ3n) is 4.79. The molecule has 0 atom stereocenters. The molecule has 0 saturated carbocycles. The van der Waals surface area contributed by atoms with Gasteiger partial charge in [0.25, 0.3) is 5.78 Å². The first-order valence-corrected chi connectivity index (χ1v) is 10.8. The van der Waals surface area contributed by atoms with Crippen molar-refractivity contribution < 1.29 is 4.79 Å². The molecule has 154 valence electrons. The monoisotopic (exact) mass is 460 g/mol. The molecule has 30 heavy (non-hydrogen) atoms. The largest absolute Gasteiger partial charge is 0.302 e. The van der Waals surface area contributed by atoms with Crippen molar-refractivity contribution in [2.75, 3.05) is 5.32 Å². The van der Waals surface area contributed by atoms with Crippen LogP contribution < -0.4 is 5.32 Å². The molecule has 4 rings (SSSR count). The van der Waals surface area contributed by atoms with Gasteiger partial charge in [0.1, 0.15) is 6.33 Å². The van der Waals surface area contributed by atoms with Crippen molar-refractivity contribution in [1.82, 2.24) is 24.6 Å². The molecular weight excluding hydrogens is 443 g/mol. The van der Waals surface area contributed by atoms with Crippen molar-refractivity contribution in [3.8, 4) is 0 Å². The second-order valence-electron chi connectivity index (χ2n) is 6.80. The molecule has 0 unspecified atom stereocenters. The molecule has 0 spiro atoms. The van der Waals surface area contributed by atoms with Crippen LogP contribution in [-0.2, 0) is 17.6 Å². The first-order valence-electron chi connectivity index (χ1n) is 9.25. The van der Waals surface area contributed by atoms with E-state index in [1.165, 1.54) is 17.7 Å². The SMILES string of the molecule is Cc1nc2ncnn2c(C)c1CCC(=O)Nc1ncc(Cc2cccc(Cl)c2Cl)s1. The molecule has 10 heteroatoms. The van der Waals surface area contributed by atoms with Crippen molar-refractivity contribution in [1.29, 1.82) is 0 Å². The average Bonchev–Trinajstić information content (AvgIpc) is 3.34. The number of anilines is 1. The van der Waals surface area contributed by atoms with Crippen LogP contribution in [0.25, 0.3) is 5.78 Å². The molecule has 0 bridgehead atoms. The molecule has 3 aromatic heterocycles. The maximum absolute atomic E-state index is 12.5. The highest BCUT2D eigenvalue weighted by molar-refractivity contribution is 7.15. The lowest BCUT2D eigenvalue weighted by atomic mass is 10.1. The highest BCUT2D eigenvalue weighted by Crippen LogP contribution is 2.29. The number of carbonyl (C=O) groups excluding carboxylic acids is 1. The summed E-state index contributed by atoms with van der Waals surface area (Å²) in [7, 11) is 0. The number of nitrogens with one attached hydrogen (secondary N) is 1. The Morgan fingerprint density at radius 3 is 2.90 bits per heavy atom. The summed E-state index contributed by atoms with van der Waals surface area (Å²) in [5, 5.41) is 8.68. The average molecular weight is 461 g/mol. The first kappa shape index (κ1) is 20.7. The Kier molecular flexibility index (Phi) is 5.99. The molecule has 7 nitrogen and oxygen atoms in total. The van der Waals surface area contributed by atoms with Gasteiger partial charge in [0.05, 0.1) is 10.0 Å². The Balaban J connectivity index is 1.39. The molecule has 1 N–H and O–H groups in total. The minimum absolute atomic E-state index is 0.103. The molecule has 4 aromatic rings. The fourth-order valence-electron chi connectivity index (χ4n) is 3.26. The molecule has 0 fully saturated rings. The van der Waals surface area contributed by atoms with E-state index in [-0.39, 0.29) is 5.91 Å². The molecule has 1 amide bonds. The fourth-order valence-corrected chi connectivity index (χ4v) is 4.50. The number of hydrogen-bond acceptors (Lipinski definition) is 6. The lowest BCUT2D eigenvalue weighted by Crippen LogP contribution is -2.14. The Morgan fingerprint density at radius 2 is 2.07 bits per heavy atom. The minimum atomic E-state index is -0.103. The highest BCUT2D eigenvalue weighted by Gasteiger charge is 2.14. The Morgan fingerprint density at radius 1 is 1.23 bits per heavy atom. The Labute approximate surface area is 187 Å². The molecule has 0 aliphatic heterocycles. The summed E-state index contributed by atoms with van der Waals surface area (Å²) < 4.78 is 1.69. The normalized spacial score (nSPS) is 11.2. The second-order valence-corrected chi connectivity index (χ2v) is 8.70. The van der Waals surface area contributed by atoms with Gasteiger partial charge < -0.3 is 5.32 Å². The number of fused-ring (bicyclic) bond motifs is 1. The number of rotatable bonds is 6. The van der Waals surface area contributed by atoms with Crippen molar-refractivity contribution in [2.45, 2.75) is 33.1 Å². The zero-order valence-electron chi connectivity index (χ0n) is 16.3. The van der Waals surface area contributed by atoms with Crippen molar-refractivity contribution in [3.63, 3.8) is 0 Å². The van der Waals surface area contributed by atoms with Crippen LogP contribution in [0, 0.1) is 13.8 Å². The molecule has 0 aliphatic carbocycles. The zero-order chi connectivity index (χ0) is 21.3. The molecular formula is C20H18Cl2N6OS. The third kappa shape index (κ3) is 4.30. The second kappa shape index (κ2) is 8.67. The van der Waals surface area contributed by atoms with Gasteiger partial charge in [-0.25, -0.2) is 14.5 Å². The number of hydrogen-bond donors (Lipinski definition) is 1. The molecule has 0 radical (unpaired) electrons. The number of halogens is 2. The number of nitrogens with zero attached hydrogens (tertiary/aromatic N) is 5. The predicted molar refractivity (Wildman–Crippen MR) is 119 cm³/mol. The van der Waals surface area contributed by atoms with Crippen LogP contribution in [0.15, 0.2) is 30.7 Å². The number of aryl methyl sites for hydroxylation is 2. The predicted octanol–water partition coefficient (Wildman–Crippen LogP) is 4.67. The van der Waals surface area contributed by atoms with Gasteiger partial charge in [0.15, 0.2) is 5.13 Å². The van der Waals surface area contributed by atoms with Crippen LogP contribution >= 0.6 is 34.5 Å². The third-order valence-corrected chi connectivity index (χ3v) is 6.56. The van der Waals surface area contributed by atoms with E-state index < -0.39 is 0 Å². The van der Waals surface area contributed by atoms with E-state index in [1.54, 1.807) is 16.8 Å². The van der Waals surface area contributed by atoms with Crippen LogP contribution in [0.3, 0.4) is 0 Å². The van der Waals surface area contributed by atoms with E-state index in [2.05, 4.69) is 25.4 Å². The van der Waals surface area contributed by atoms with Gasteiger partial charge in [-0.15, -0.1) is 11.3 Å². The van der Waals surface area contributed by atoms with Gasteiger partial charge >= 0.3 is 0 Å². The summed E-state index contributed by atoms with van der Waals surface area (Å²) in [5.74, 6) is 0.461. The van der Waals surface area contributed by atoms with Crippen LogP contribution in [0.4, 0.5) is 5.13 Å². The van der Waals surface area contributed by atoms with E-state index in [9.17, 15) is 4.79 Å². The summed E-state index contributed by atoms with van der Waals surface area (Å²) in [6, 6.07) is 5.55. The quantitative estimate of drug-likeness (QED) is 0.451. The van der Waals surface area contributed by atoms with E-state index in [0.29, 0.717) is 40.2 Å². The van der Waals surface area contributed by atoms with Crippen molar-refractivity contribution in [2.24, 2.45) is 0 Å². The smallest absolute Gasteiger partial charge is 0.252 e. The standard InChI is InChI=1S/C20H18Cl2N6OS/c1-11-15(12(2)28-19(26-11)24-10-25-28)6-7-17(29)27-20-23-9-14(30-20)8-13-4-3-5-16(21)18(13)22/h3-5,9-10H,6-8H2,1-2H3,(H,23,27,29). The summed E-state index contributed by atoms with van der Waals surface area (Å²) in [4.78, 5) is 26.3. The molecule has 1 aromatic carbocycles. The molecule has 0 aliphatic rings. The number of aromatic nitrogens is 5. The lowest BCUT2D eigenvalue weighted by molar-refractivity contribution is -0.116. The van der Waals surface area contributed by atoms with E-state index in [4.69, 9.17) is 23.2 Å². The summed E-state index contributed by atoms with van der Waals surface area (Å²) in [6.07, 6.45) is 4.70. The lowest BCUT2D eigenvalue weighted by Gasteiger charge is -2.10. The van der Waals surface area contributed by atoms with Crippen molar-refractivity contribution >= 4 is 51.4 Å². The van der Waals surface area contributed by atoms with Crippen LogP contribution in [0.5, 0.6) is 0 Å². The number of carbonyl (C=O) groups is 1. The van der Waals surface area contributed by atoms with Gasteiger partial charge in [-0.05, 0) is 37.5 Å². The summed E-state index contributed by atoms with van der Waals surface area (Å²) >= 11 is 13.8. The Bertz CT molecular complexity index is 1240. The van der Waals surface area contributed by atoms with Gasteiger partial charge in [-0.2, -0.15) is 10.1 Å². The van der Waals surface area contributed by atoms with Crippen LogP contribution in [-0.4, -0.2) is 30.5 Å². The van der Waals surface area contributed by atoms with Gasteiger partial charge in [-0.1, -0.05) is 35.3 Å². The Hall–Kier alpha value is -2.55. The fraction of sp³-hybridized carbons (Fsp3) is 0.250. The number of amides is 1. The number of thiazole rings is 1. The van der Waals surface area contributed by atoms with Crippen LogP contribution in [0.1, 0.15) is 33.8 Å². The first-order chi connectivity index (χ1) is 14.4. The van der Waals surface area contributed by atoms with Gasteiger partial charge in [-0.3, -0.25) is 4.79 Å². The van der Waals surface area contributed by atoms with E-state index >= 15 is 0 Å². The maximum Gasteiger partial charge on any atom is 0.252 e. The van der Waals surface area contributed by atoms with E-state index in [1.807, 2.05) is 26.0 Å². The highest BCUT2D eigenvalue weighted by atomic mass is 35.5. The van der Waals surface area contributed by atoms with E-state index in [0.717, 1.165) is 27.4 Å². The van der Waals surface area contributed by atoms with Gasteiger partial charge in [0.2, 0.25) is 5.91 Å². The van der Waals surface area contributed by atoms with Gasteiger partial charge in [0, 0.05) is 35.3 Å².